The first kappa shape index (κ1) is 13.2. The lowest BCUT2D eigenvalue weighted by Gasteiger charge is -2.28. The molecule has 0 saturated heterocycles. The molecule has 4 nitrogen and oxygen atoms in total. The highest BCUT2D eigenvalue weighted by atomic mass is 16.4. The van der Waals surface area contributed by atoms with E-state index in [2.05, 4.69) is 0 Å². The molecule has 1 atom stereocenters. The lowest BCUT2D eigenvalue weighted by molar-refractivity contribution is -0.140. The Balaban J connectivity index is 2.93. The number of benzene rings is 1. The molecule has 0 spiro atoms. The zero-order valence-electron chi connectivity index (χ0n) is 9.72. The molecule has 0 heterocycles. The molecule has 92 valence electrons. The van der Waals surface area contributed by atoms with Crippen LogP contribution in [0.15, 0.2) is 30.3 Å². The molecule has 0 fully saturated rings. The number of carboxylic acids is 2. The second kappa shape index (κ2) is 5.48. The van der Waals surface area contributed by atoms with Crippen LogP contribution in [0, 0.1) is 0 Å². The van der Waals surface area contributed by atoms with Gasteiger partial charge in [-0.3, -0.25) is 9.59 Å². The Kier molecular flexibility index (Phi) is 4.26. The minimum atomic E-state index is -0.915. The summed E-state index contributed by atoms with van der Waals surface area (Å²) in [6.45, 7) is 1.79. The van der Waals surface area contributed by atoms with Gasteiger partial charge in [0, 0.05) is 11.8 Å². The van der Waals surface area contributed by atoms with Gasteiger partial charge in [-0.1, -0.05) is 37.3 Å². The quantitative estimate of drug-likeness (QED) is 0.794. The molecule has 4 heteroatoms. The second-order valence-electron chi connectivity index (χ2n) is 4.39. The molecule has 0 aliphatic heterocycles. The average molecular weight is 236 g/mol. The Morgan fingerprint density at radius 1 is 1.12 bits per heavy atom. The van der Waals surface area contributed by atoms with Crippen molar-refractivity contribution >= 4 is 11.9 Å². The van der Waals surface area contributed by atoms with E-state index in [9.17, 15) is 9.59 Å². The monoisotopic (exact) mass is 236 g/mol. The van der Waals surface area contributed by atoms with Gasteiger partial charge in [0.05, 0.1) is 6.42 Å². The number of aliphatic carboxylic acids is 2. The highest BCUT2D eigenvalue weighted by molar-refractivity contribution is 5.70. The zero-order chi connectivity index (χ0) is 12.9. The summed E-state index contributed by atoms with van der Waals surface area (Å²) in [5.41, 5.74) is 0.231. The summed E-state index contributed by atoms with van der Waals surface area (Å²) in [4.78, 5) is 21.5. The smallest absolute Gasteiger partial charge is 0.304 e. The van der Waals surface area contributed by atoms with Gasteiger partial charge in [-0.25, -0.2) is 0 Å². The number of rotatable bonds is 6. The molecule has 0 bridgehead atoms. The van der Waals surface area contributed by atoms with Crippen LogP contribution in [0.5, 0.6) is 0 Å². The van der Waals surface area contributed by atoms with E-state index in [0.29, 0.717) is 6.42 Å². The SMILES string of the molecule is C[C@](CCC(=O)O)(CC(=O)O)c1ccccc1. The molecular weight excluding hydrogens is 220 g/mol. The molecule has 0 saturated carbocycles. The summed E-state index contributed by atoms with van der Waals surface area (Å²) in [6, 6.07) is 9.18. The topological polar surface area (TPSA) is 74.6 Å². The van der Waals surface area contributed by atoms with Crippen molar-refractivity contribution in [2.75, 3.05) is 0 Å². The first-order valence-electron chi connectivity index (χ1n) is 5.43. The Labute approximate surface area is 99.9 Å². The van der Waals surface area contributed by atoms with Crippen LogP contribution in [-0.4, -0.2) is 22.2 Å². The van der Waals surface area contributed by atoms with Crippen molar-refractivity contribution in [1.29, 1.82) is 0 Å². The fourth-order valence-electron chi connectivity index (χ4n) is 1.89. The number of carboxylic acid groups (broad SMARTS) is 2. The van der Waals surface area contributed by atoms with Gasteiger partial charge in [-0.2, -0.15) is 0 Å². The summed E-state index contributed by atoms with van der Waals surface area (Å²) < 4.78 is 0. The van der Waals surface area contributed by atoms with Crippen LogP contribution in [-0.2, 0) is 15.0 Å². The predicted molar refractivity (Wildman–Crippen MR) is 62.9 cm³/mol. The van der Waals surface area contributed by atoms with Gasteiger partial charge in [0.2, 0.25) is 0 Å². The van der Waals surface area contributed by atoms with Gasteiger partial charge in [0.25, 0.3) is 0 Å². The maximum atomic E-state index is 10.9. The Hall–Kier alpha value is -1.84. The van der Waals surface area contributed by atoms with Gasteiger partial charge in [-0.15, -0.1) is 0 Å². The minimum absolute atomic E-state index is 0.0291. The van der Waals surface area contributed by atoms with Crippen molar-refractivity contribution in [1.82, 2.24) is 0 Å². The predicted octanol–water partition coefficient (Wildman–Crippen LogP) is 2.28. The molecule has 0 aliphatic rings. The van der Waals surface area contributed by atoms with Gasteiger partial charge in [0.15, 0.2) is 0 Å². The van der Waals surface area contributed by atoms with E-state index in [0.717, 1.165) is 5.56 Å². The third-order valence-corrected chi connectivity index (χ3v) is 2.90. The summed E-state index contributed by atoms with van der Waals surface area (Å²) in [5, 5.41) is 17.6. The maximum Gasteiger partial charge on any atom is 0.304 e. The normalized spacial score (nSPS) is 13.9. The molecular formula is C13H16O4. The summed E-state index contributed by atoms with van der Waals surface area (Å²) in [5.74, 6) is -1.82. The second-order valence-corrected chi connectivity index (χ2v) is 4.39. The van der Waals surface area contributed by atoms with E-state index < -0.39 is 17.4 Å². The average Bonchev–Trinajstić information content (AvgIpc) is 2.27. The van der Waals surface area contributed by atoms with Crippen molar-refractivity contribution in [3.63, 3.8) is 0 Å². The van der Waals surface area contributed by atoms with E-state index in [1.54, 1.807) is 6.92 Å². The third kappa shape index (κ3) is 3.90. The van der Waals surface area contributed by atoms with Crippen molar-refractivity contribution < 1.29 is 19.8 Å². The molecule has 1 aromatic rings. The molecule has 0 aliphatic carbocycles. The molecule has 2 N–H and O–H groups in total. The summed E-state index contributed by atoms with van der Waals surface area (Å²) in [6.07, 6.45) is 0.224. The Morgan fingerprint density at radius 2 is 1.71 bits per heavy atom. The van der Waals surface area contributed by atoms with Crippen LogP contribution >= 0.6 is 0 Å². The van der Waals surface area contributed by atoms with Crippen LogP contribution in [0.4, 0.5) is 0 Å². The van der Waals surface area contributed by atoms with Crippen LogP contribution < -0.4 is 0 Å². The van der Waals surface area contributed by atoms with Crippen molar-refractivity contribution in [3.05, 3.63) is 35.9 Å². The molecule has 0 aromatic heterocycles. The summed E-state index contributed by atoms with van der Waals surface area (Å²) >= 11 is 0. The van der Waals surface area contributed by atoms with E-state index in [4.69, 9.17) is 10.2 Å². The van der Waals surface area contributed by atoms with E-state index in [-0.39, 0.29) is 12.8 Å². The molecule has 0 radical (unpaired) electrons. The van der Waals surface area contributed by atoms with Gasteiger partial charge in [0.1, 0.15) is 0 Å². The standard InChI is InChI=1S/C13H16O4/c1-13(9-12(16)17,8-7-11(14)15)10-5-3-2-4-6-10/h2-6H,7-9H2,1H3,(H,14,15)(H,16,17)/t13-/m0/s1. The summed E-state index contributed by atoms with van der Waals surface area (Å²) in [7, 11) is 0. The Morgan fingerprint density at radius 3 is 2.18 bits per heavy atom. The number of hydrogen-bond acceptors (Lipinski definition) is 2. The maximum absolute atomic E-state index is 10.9. The van der Waals surface area contributed by atoms with Crippen LogP contribution in [0.3, 0.4) is 0 Å². The minimum Gasteiger partial charge on any atom is -0.481 e. The molecule has 0 amide bonds. The first-order chi connectivity index (χ1) is 7.94. The van der Waals surface area contributed by atoms with E-state index in [1.165, 1.54) is 0 Å². The van der Waals surface area contributed by atoms with Crippen LogP contribution in [0.2, 0.25) is 0 Å². The zero-order valence-corrected chi connectivity index (χ0v) is 9.72. The van der Waals surface area contributed by atoms with E-state index >= 15 is 0 Å². The highest BCUT2D eigenvalue weighted by Crippen LogP contribution is 2.32. The van der Waals surface area contributed by atoms with E-state index in [1.807, 2.05) is 30.3 Å². The molecule has 17 heavy (non-hydrogen) atoms. The fraction of sp³-hybridized carbons (Fsp3) is 0.385. The fourth-order valence-corrected chi connectivity index (χ4v) is 1.89. The molecule has 1 aromatic carbocycles. The van der Waals surface area contributed by atoms with Gasteiger partial charge < -0.3 is 10.2 Å². The first-order valence-corrected chi connectivity index (χ1v) is 5.43. The van der Waals surface area contributed by atoms with Crippen LogP contribution in [0.25, 0.3) is 0 Å². The third-order valence-electron chi connectivity index (χ3n) is 2.90. The molecule has 0 unspecified atom stereocenters. The number of carbonyl (C=O) groups is 2. The molecule has 1 rings (SSSR count). The van der Waals surface area contributed by atoms with Crippen LogP contribution in [0.1, 0.15) is 31.7 Å². The van der Waals surface area contributed by atoms with Crippen molar-refractivity contribution in [3.8, 4) is 0 Å². The van der Waals surface area contributed by atoms with Crippen molar-refractivity contribution in [2.24, 2.45) is 0 Å². The largest absolute Gasteiger partial charge is 0.481 e. The van der Waals surface area contributed by atoms with Crippen molar-refractivity contribution in [2.45, 2.75) is 31.6 Å². The number of hydrogen-bond donors (Lipinski definition) is 2. The lowest BCUT2D eigenvalue weighted by atomic mass is 9.76. The highest BCUT2D eigenvalue weighted by Gasteiger charge is 2.29. The van der Waals surface area contributed by atoms with Gasteiger partial charge in [-0.05, 0) is 12.0 Å². The lowest BCUT2D eigenvalue weighted by Crippen LogP contribution is -2.26. The van der Waals surface area contributed by atoms with Gasteiger partial charge >= 0.3 is 11.9 Å². The Bertz CT molecular complexity index is 399.